The molecule has 0 amide bonds. The van der Waals surface area contributed by atoms with Gasteiger partial charge in [-0.2, -0.15) is 0 Å². The van der Waals surface area contributed by atoms with E-state index in [1.807, 2.05) is 6.20 Å². The molecule has 0 saturated heterocycles. The molecule has 0 atom stereocenters. The molecule has 1 heterocycles. The number of hydrogen-bond acceptors (Lipinski definition) is 2. The summed E-state index contributed by atoms with van der Waals surface area (Å²) in [6, 6.07) is 8.35. The van der Waals surface area contributed by atoms with Gasteiger partial charge in [0.2, 0.25) is 0 Å². The van der Waals surface area contributed by atoms with Gasteiger partial charge in [-0.3, -0.25) is 0 Å². The highest BCUT2D eigenvalue weighted by molar-refractivity contribution is 5.59. The molecule has 100 valence electrons. The number of nitrogens with zero attached hydrogens (tertiary/aromatic N) is 1. The second-order valence-corrected chi connectivity index (χ2v) is 4.29. The fourth-order valence-corrected chi connectivity index (χ4v) is 1.93. The Labute approximate surface area is 116 Å². The van der Waals surface area contributed by atoms with Crippen molar-refractivity contribution in [2.45, 2.75) is 13.8 Å². The van der Waals surface area contributed by atoms with Gasteiger partial charge in [0.1, 0.15) is 0 Å². The lowest BCUT2D eigenvalue weighted by Crippen LogP contribution is -2.31. The average Bonchev–Trinajstić information content (AvgIpc) is 2.40. The van der Waals surface area contributed by atoms with Gasteiger partial charge >= 0.3 is 0 Å². The van der Waals surface area contributed by atoms with E-state index < -0.39 is 0 Å². The molecule has 0 radical (unpaired) electrons. The first-order valence-electron chi connectivity index (χ1n) is 6.29. The molecule has 2 nitrogen and oxygen atoms in total. The summed E-state index contributed by atoms with van der Waals surface area (Å²) >= 11 is 0. The smallest absolute Gasteiger partial charge is 0.0920 e. The summed E-state index contributed by atoms with van der Waals surface area (Å²) in [5, 5.41) is 3.27. The predicted octanol–water partition coefficient (Wildman–Crippen LogP) is 4.14. The van der Waals surface area contributed by atoms with Crippen LogP contribution in [0.4, 0.5) is 5.69 Å². The Morgan fingerprint density at radius 2 is 1.84 bits per heavy atom. The van der Waals surface area contributed by atoms with Crippen LogP contribution in [0.5, 0.6) is 0 Å². The van der Waals surface area contributed by atoms with Crippen LogP contribution < -0.4 is 10.2 Å². The molecular formula is C17H22N2. The summed E-state index contributed by atoms with van der Waals surface area (Å²) < 4.78 is 0. The first-order valence-corrected chi connectivity index (χ1v) is 6.29. The molecule has 0 unspecified atom stereocenters. The predicted molar refractivity (Wildman–Crippen MR) is 85.0 cm³/mol. The monoisotopic (exact) mass is 254 g/mol. The first-order chi connectivity index (χ1) is 9.18. The third kappa shape index (κ3) is 3.88. The number of nitrogens with one attached hydrogen (secondary N) is 1. The van der Waals surface area contributed by atoms with Gasteiger partial charge in [-0.15, -0.1) is 13.2 Å². The number of allylic oxidation sites excluding steroid dienone is 3. The number of rotatable bonds is 1. The quantitative estimate of drug-likeness (QED) is 0.758. The number of hydrogen-bond donors (Lipinski definition) is 1. The van der Waals surface area contributed by atoms with Crippen LogP contribution in [-0.2, 0) is 0 Å². The van der Waals surface area contributed by atoms with Crippen LogP contribution in [0.15, 0.2) is 73.6 Å². The van der Waals surface area contributed by atoms with E-state index >= 15 is 0 Å². The number of para-hydroxylation sites is 1. The van der Waals surface area contributed by atoms with Crippen molar-refractivity contribution in [3.63, 3.8) is 0 Å². The van der Waals surface area contributed by atoms with Gasteiger partial charge in [-0.05, 0) is 49.4 Å². The molecule has 0 spiro atoms. The lowest BCUT2D eigenvalue weighted by molar-refractivity contribution is 0.814. The van der Waals surface area contributed by atoms with Crippen molar-refractivity contribution in [3.05, 3.63) is 79.2 Å². The zero-order valence-corrected chi connectivity index (χ0v) is 11.8. The normalized spacial score (nSPS) is 18.9. The molecule has 1 aromatic rings. The fraction of sp³-hybridized carbons (Fsp3) is 0.176. The van der Waals surface area contributed by atoms with E-state index in [0.717, 1.165) is 12.4 Å². The molecule has 1 aliphatic heterocycles. The van der Waals surface area contributed by atoms with Gasteiger partial charge in [0.25, 0.3) is 0 Å². The van der Waals surface area contributed by atoms with Crippen LogP contribution in [0.3, 0.4) is 0 Å². The summed E-state index contributed by atoms with van der Waals surface area (Å²) in [6.45, 7) is 15.1. The SMILES string of the molecule is C=C.C=C1/C=C(C)\C=C/NCN1c1ccccc1C. The van der Waals surface area contributed by atoms with Gasteiger partial charge in [0, 0.05) is 11.4 Å². The second-order valence-electron chi connectivity index (χ2n) is 4.29. The third-order valence-electron chi connectivity index (χ3n) is 2.86. The van der Waals surface area contributed by atoms with E-state index in [-0.39, 0.29) is 0 Å². The maximum atomic E-state index is 4.14. The molecule has 0 fully saturated rings. The van der Waals surface area contributed by atoms with Crippen molar-refractivity contribution in [1.29, 1.82) is 0 Å². The molecule has 0 aromatic heterocycles. The Morgan fingerprint density at radius 1 is 1.16 bits per heavy atom. The maximum absolute atomic E-state index is 4.14. The Hall–Kier alpha value is -2.22. The summed E-state index contributed by atoms with van der Waals surface area (Å²) in [7, 11) is 0. The van der Waals surface area contributed by atoms with Gasteiger partial charge in [0.05, 0.1) is 6.67 Å². The largest absolute Gasteiger partial charge is 0.373 e. The second kappa shape index (κ2) is 7.27. The molecule has 19 heavy (non-hydrogen) atoms. The summed E-state index contributed by atoms with van der Waals surface area (Å²) in [5.74, 6) is 0. The highest BCUT2D eigenvalue weighted by Gasteiger charge is 2.11. The molecule has 2 rings (SSSR count). The molecule has 0 bridgehead atoms. The standard InChI is InChI=1S/C15H18N2.C2H4/c1-12-8-9-16-11-17(14(3)10-12)15-7-5-4-6-13(15)2;1-2/h4-10,16H,3,11H2,1-2H3;1-2H2/b9-8-,12-10-;. The number of benzene rings is 1. The minimum Gasteiger partial charge on any atom is -0.373 e. The van der Waals surface area contributed by atoms with Crippen molar-refractivity contribution in [2.75, 3.05) is 11.6 Å². The number of anilines is 1. The zero-order chi connectivity index (χ0) is 14.3. The summed E-state index contributed by atoms with van der Waals surface area (Å²) in [5.41, 5.74) is 4.66. The van der Waals surface area contributed by atoms with Gasteiger partial charge in [-0.25, -0.2) is 0 Å². The van der Waals surface area contributed by atoms with Crippen molar-refractivity contribution in [1.82, 2.24) is 5.32 Å². The molecule has 1 N–H and O–H groups in total. The molecule has 2 heteroatoms. The molecule has 0 saturated carbocycles. The van der Waals surface area contributed by atoms with Crippen molar-refractivity contribution >= 4 is 5.69 Å². The van der Waals surface area contributed by atoms with Gasteiger partial charge in [-0.1, -0.05) is 24.8 Å². The lowest BCUT2D eigenvalue weighted by Gasteiger charge is -2.28. The summed E-state index contributed by atoms with van der Waals surface area (Å²) in [4.78, 5) is 2.18. The minimum atomic E-state index is 0.740. The van der Waals surface area contributed by atoms with Crippen LogP contribution in [0, 0.1) is 6.92 Å². The van der Waals surface area contributed by atoms with E-state index in [1.165, 1.54) is 16.8 Å². The number of aryl methyl sites for hydroxylation is 1. The van der Waals surface area contributed by atoms with E-state index in [9.17, 15) is 0 Å². The van der Waals surface area contributed by atoms with Crippen LogP contribution >= 0.6 is 0 Å². The van der Waals surface area contributed by atoms with Crippen molar-refractivity contribution in [2.24, 2.45) is 0 Å². The molecule has 1 aliphatic rings. The minimum absolute atomic E-state index is 0.740. The Bertz CT molecular complexity index is 498. The highest BCUT2D eigenvalue weighted by atomic mass is 15.2. The van der Waals surface area contributed by atoms with E-state index in [4.69, 9.17) is 0 Å². The van der Waals surface area contributed by atoms with Gasteiger partial charge < -0.3 is 10.2 Å². The van der Waals surface area contributed by atoms with Crippen LogP contribution in [0.2, 0.25) is 0 Å². The topological polar surface area (TPSA) is 15.3 Å². The molecular weight excluding hydrogens is 232 g/mol. The Balaban J connectivity index is 0.000000861. The zero-order valence-electron chi connectivity index (χ0n) is 11.8. The summed E-state index contributed by atoms with van der Waals surface area (Å²) in [6.07, 6.45) is 6.13. The van der Waals surface area contributed by atoms with Gasteiger partial charge in [0.15, 0.2) is 0 Å². The molecule has 1 aromatic carbocycles. The Kier molecular flexibility index (Phi) is 5.68. The van der Waals surface area contributed by atoms with Crippen molar-refractivity contribution < 1.29 is 0 Å². The van der Waals surface area contributed by atoms with E-state index in [0.29, 0.717) is 0 Å². The van der Waals surface area contributed by atoms with Crippen LogP contribution in [0.25, 0.3) is 0 Å². The van der Waals surface area contributed by atoms with Crippen LogP contribution in [-0.4, -0.2) is 6.67 Å². The fourth-order valence-electron chi connectivity index (χ4n) is 1.93. The maximum Gasteiger partial charge on any atom is 0.0920 e. The molecule has 0 aliphatic carbocycles. The van der Waals surface area contributed by atoms with Crippen LogP contribution in [0.1, 0.15) is 12.5 Å². The van der Waals surface area contributed by atoms with Crippen molar-refractivity contribution in [3.8, 4) is 0 Å². The average molecular weight is 254 g/mol. The first kappa shape index (κ1) is 14.8. The highest BCUT2D eigenvalue weighted by Crippen LogP contribution is 2.23. The lowest BCUT2D eigenvalue weighted by atomic mass is 10.1. The van der Waals surface area contributed by atoms with E-state index in [2.05, 4.69) is 80.2 Å². The van der Waals surface area contributed by atoms with E-state index in [1.54, 1.807) is 0 Å². The Morgan fingerprint density at radius 3 is 2.53 bits per heavy atom. The third-order valence-corrected chi connectivity index (χ3v) is 2.86.